The maximum absolute atomic E-state index is 5.79. The van der Waals surface area contributed by atoms with E-state index >= 15 is 0 Å². The summed E-state index contributed by atoms with van der Waals surface area (Å²) in [7, 11) is 0. The lowest BCUT2D eigenvalue weighted by Crippen LogP contribution is -2.08. The molecule has 0 bridgehead atoms. The fraction of sp³-hybridized carbons (Fsp3) is 0.419. The Morgan fingerprint density at radius 1 is 0.605 bits per heavy atom. The Morgan fingerprint density at radius 3 is 2.08 bits per heavy atom. The van der Waals surface area contributed by atoms with Gasteiger partial charge in [-0.3, -0.25) is 0 Å². The predicted octanol–water partition coefficient (Wildman–Crippen LogP) is 6.49. The Hall–Kier alpha value is -3.58. The van der Waals surface area contributed by atoms with Crippen molar-refractivity contribution in [2.24, 2.45) is 0 Å². The van der Waals surface area contributed by atoms with Gasteiger partial charge in [0.1, 0.15) is 29.6 Å². The van der Waals surface area contributed by atoms with E-state index in [1.54, 1.807) is 0 Å². The molecule has 0 aliphatic heterocycles. The molecular weight excluding hydrogens is 480 g/mol. The highest BCUT2D eigenvalue weighted by molar-refractivity contribution is 5.28. The van der Waals surface area contributed by atoms with Gasteiger partial charge in [0.25, 0.3) is 0 Å². The summed E-state index contributed by atoms with van der Waals surface area (Å²) in [6.07, 6.45) is 6.63. The number of ether oxygens (including phenoxy) is 3. The summed E-state index contributed by atoms with van der Waals surface area (Å²) in [6, 6.07) is 20.4. The van der Waals surface area contributed by atoms with Gasteiger partial charge in [-0.05, 0) is 75.8 Å². The molecule has 2 aromatic heterocycles. The minimum Gasteiger partial charge on any atom is -0.494 e. The van der Waals surface area contributed by atoms with E-state index in [1.807, 2.05) is 37.3 Å². The summed E-state index contributed by atoms with van der Waals surface area (Å²) < 4.78 is 27.8. The molecule has 0 fully saturated rings. The molecule has 4 rings (SSSR count). The van der Waals surface area contributed by atoms with Gasteiger partial charge in [0, 0.05) is 25.0 Å². The van der Waals surface area contributed by atoms with E-state index in [-0.39, 0.29) is 0 Å². The van der Waals surface area contributed by atoms with Crippen molar-refractivity contribution in [2.75, 3.05) is 26.4 Å². The highest BCUT2D eigenvalue weighted by atomic mass is 16.5. The van der Waals surface area contributed by atoms with E-state index in [1.165, 1.54) is 11.1 Å². The molecule has 0 amide bonds. The zero-order chi connectivity index (χ0) is 26.4. The van der Waals surface area contributed by atoms with E-state index in [4.69, 9.17) is 23.3 Å². The second kappa shape index (κ2) is 15.0. The minimum atomic E-state index is 0.512. The molecule has 7 nitrogen and oxygen atoms in total. The Labute approximate surface area is 225 Å². The molecular formula is C31H38N2O5. The average Bonchev–Trinajstić information content (AvgIpc) is 3.57. The second-order valence-electron chi connectivity index (χ2n) is 9.54. The van der Waals surface area contributed by atoms with Crippen molar-refractivity contribution in [1.29, 1.82) is 0 Å². The number of rotatable bonds is 17. The highest BCUT2D eigenvalue weighted by Crippen LogP contribution is 2.16. The first kappa shape index (κ1) is 27.5. The number of benzene rings is 2. The van der Waals surface area contributed by atoms with Crippen LogP contribution in [0, 0.1) is 13.8 Å². The van der Waals surface area contributed by atoms with Crippen LogP contribution in [0.15, 0.2) is 69.7 Å². The number of hydrogen-bond donors (Lipinski definition) is 0. The van der Waals surface area contributed by atoms with Crippen molar-refractivity contribution in [3.63, 3.8) is 0 Å². The molecule has 0 saturated carbocycles. The van der Waals surface area contributed by atoms with Crippen LogP contribution >= 0.6 is 0 Å². The third kappa shape index (κ3) is 9.71. The van der Waals surface area contributed by atoms with Gasteiger partial charge in [-0.25, -0.2) is 0 Å². The molecule has 0 aliphatic rings. The zero-order valence-electron chi connectivity index (χ0n) is 22.5. The van der Waals surface area contributed by atoms with Crippen molar-refractivity contribution >= 4 is 0 Å². The summed E-state index contributed by atoms with van der Waals surface area (Å²) in [5.41, 5.74) is 4.43. The molecule has 38 heavy (non-hydrogen) atoms. The number of nitrogens with zero attached hydrogens (tertiary/aromatic N) is 2. The molecule has 7 heteroatoms. The summed E-state index contributed by atoms with van der Waals surface area (Å²) in [5.74, 6) is 3.53. The number of aryl methyl sites for hydroxylation is 5. The van der Waals surface area contributed by atoms with Crippen LogP contribution in [0.4, 0.5) is 0 Å². The molecule has 4 aromatic rings. The summed E-state index contributed by atoms with van der Waals surface area (Å²) in [4.78, 5) is 0. The van der Waals surface area contributed by atoms with Gasteiger partial charge in [0.2, 0.25) is 0 Å². The maximum Gasteiger partial charge on any atom is 0.137 e. The van der Waals surface area contributed by atoms with Crippen LogP contribution < -0.4 is 9.47 Å². The van der Waals surface area contributed by atoms with Gasteiger partial charge >= 0.3 is 0 Å². The van der Waals surface area contributed by atoms with E-state index in [2.05, 4.69) is 47.6 Å². The fourth-order valence-corrected chi connectivity index (χ4v) is 4.05. The van der Waals surface area contributed by atoms with Gasteiger partial charge in [0.05, 0.1) is 31.2 Å². The summed E-state index contributed by atoms with van der Waals surface area (Å²) in [6.45, 7) is 6.36. The van der Waals surface area contributed by atoms with Gasteiger partial charge in [-0.2, -0.15) is 0 Å². The van der Waals surface area contributed by atoms with E-state index in [0.717, 1.165) is 86.0 Å². The lowest BCUT2D eigenvalue weighted by atomic mass is 10.1. The lowest BCUT2D eigenvalue weighted by molar-refractivity contribution is 0.101. The first-order chi connectivity index (χ1) is 18.6. The van der Waals surface area contributed by atoms with E-state index < -0.39 is 0 Å². The standard InChI is InChI=1S/C31H38N2O5/c1-24-7-12-29(13-8-24)35-18-5-3-4-6-27-23-31(38-33-27)16-11-26-9-14-30(15-10-26)36-21-20-34-19-17-28-22-25(2)37-32-28/h7-10,12-15,22-23H,3-6,11,16-21H2,1-2H3. The third-order valence-electron chi connectivity index (χ3n) is 6.23. The van der Waals surface area contributed by atoms with Crippen molar-refractivity contribution < 1.29 is 23.3 Å². The maximum atomic E-state index is 5.79. The first-order valence-electron chi connectivity index (χ1n) is 13.5. The normalized spacial score (nSPS) is 11.1. The molecule has 0 N–H and O–H groups in total. The molecule has 0 radical (unpaired) electrons. The fourth-order valence-electron chi connectivity index (χ4n) is 4.05. The van der Waals surface area contributed by atoms with E-state index in [0.29, 0.717) is 19.8 Å². The Bertz CT molecular complexity index is 1200. The third-order valence-corrected chi connectivity index (χ3v) is 6.23. The second-order valence-corrected chi connectivity index (χ2v) is 9.54. The average molecular weight is 519 g/mol. The van der Waals surface area contributed by atoms with Crippen LogP contribution in [0.2, 0.25) is 0 Å². The SMILES string of the molecule is Cc1ccc(OCCCCCc2cc(CCc3ccc(OCCOCCc4cc(C)on4)cc3)on2)cc1. The van der Waals surface area contributed by atoms with Crippen molar-refractivity contribution in [3.05, 3.63) is 94.7 Å². The smallest absolute Gasteiger partial charge is 0.137 e. The summed E-state index contributed by atoms with van der Waals surface area (Å²) in [5, 5.41) is 8.20. The summed E-state index contributed by atoms with van der Waals surface area (Å²) >= 11 is 0. The van der Waals surface area contributed by atoms with Crippen LogP contribution in [-0.4, -0.2) is 36.7 Å². The van der Waals surface area contributed by atoms with Gasteiger partial charge < -0.3 is 23.3 Å². The van der Waals surface area contributed by atoms with Crippen LogP contribution in [-0.2, 0) is 30.4 Å². The lowest BCUT2D eigenvalue weighted by Gasteiger charge is -2.07. The minimum absolute atomic E-state index is 0.512. The zero-order valence-corrected chi connectivity index (χ0v) is 22.5. The largest absolute Gasteiger partial charge is 0.494 e. The number of aromatic nitrogens is 2. The van der Waals surface area contributed by atoms with Gasteiger partial charge in [0.15, 0.2) is 0 Å². The topological polar surface area (TPSA) is 79.8 Å². The van der Waals surface area contributed by atoms with Gasteiger partial charge in [-0.15, -0.1) is 0 Å². The highest BCUT2D eigenvalue weighted by Gasteiger charge is 2.06. The molecule has 0 unspecified atom stereocenters. The Morgan fingerprint density at radius 2 is 1.32 bits per heavy atom. The monoisotopic (exact) mass is 518 g/mol. The van der Waals surface area contributed by atoms with Crippen LogP contribution in [0.1, 0.15) is 53.3 Å². The molecule has 0 aliphatic carbocycles. The molecule has 0 spiro atoms. The van der Waals surface area contributed by atoms with Crippen LogP contribution in [0.25, 0.3) is 0 Å². The molecule has 202 valence electrons. The van der Waals surface area contributed by atoms with Crippen molar-refractivity contribution in [3.8, 4) is 11.5 Å². The first-order valence-corrected chi connectivity index (χ1v) is 13.5. The van der Waals surface area contributed by atoms with Crippen molar-refractivity contribution in [2.45, 2.75) is 58.8 Å². The Balaban J connectivity index is 1.04. The quantitative estimate of drug-likeness (QED) is 0.148. The number of unbranched alkanes of at least 4 members (excludes halogenated alkanes) is 2. The van der Waals surface area contributed by atoms with Crippen LogP contribution in [0.5, 0.6) is 11.5 Å². The molecule has 2 aromatic carbocycles. The molecule has 2 heterocycles. The van der Waals surface area contributed by atoms with Gasteiger partial charge in [-0.1, -0.05) is 40.1 Å². The predicted molar refractivity (Wildman–Crippen MR) is 146 cm³/mol. The van der Waals surface area contributed by atoms with Crippen LogP contribution in [0.3, 0.4) is 0 Å². The van der Waals surface area contributed by atoms with E-state index in [9.17, 15) is 0 Å². The van der Waals surface area contributed by atoms with Crippen molar-refractivity contribution in [1.82, 2.24) is 10.3 Å². The molecule has 0 atom stereocenters. The number of hydrogen-bond acceptors (Lipinski definition) is 7. The Kier molecular flexibility index (Phi) is 10.8. The molecule has 0 saturated heterocycles.